The molecule has 0 saturated carbocycles. The summed E-state index contributed by atoms with van der Waals surface area (Å²) in [6.07, 6.45) is 1.49. The Kier molecular flexibility index (Phi) is 6.05. The van der Waals surface area contributed by atoms with Gasteiger partial charge in [-0.3, -0.25) is 9.78 Å². The average Bonchev–Trinajstić information content (AvgIpc) is 2.44. The second-order valence-corrected chi connectivity index (χ2v) is 5.94. The monoisotopic (exact) mass is 300 g/mol. The van der Waals surface area contributed by atoms with Crippen LogP contribution in [0, 0.1) is 0 Å². The van der Waals surface area contributed by atoms with E-state index in [1.54, 1.807) is 13.8 Å². The van der Waals surface area contributed by atoms with Gasteiger partial charge in [0.1, 0.15) is 4.90 Å². The number of likely N-dealkylation sites (N-methyl/N-ethyl adjacent to an activating group) is 2. The molecule has 0 saturated heterocycles. The van der Waals surface area contributed by atoms with Crippen LogP contribution in [-0.2, 0) is 21.4 Å². The number of carbonyl (C=O) groups is 1. The topological polar surface area (TPSA) is 105 Å². The van der Waals surface area contributed by atoms with Crippen LogP contribution in [0.2, 0.25) is 0 Å². The van der Waals surface area contributed by atoms with Crippen molar-refractivity contribution >= 4 is 15.9 Å². The van der Waals surface area contributed by atoms with E-state index in [-0.39, 0.29) is 30.4 Å². The predicted molar refractivity (Wildman–Crippen MR) is 75.2 cm³/mol. The van der Waals surface area contributed by atoms with Gasteiger partial charge in [0.2, 0.25) is 15.9 Å². The molecule has 0 spiro atoms. The van der Waals surface area contributed by atoms with Crippen LogP contribution in [0.1, 0.15) is 19.5 Å². The molecule has 112 valence electrons. The van der Waals surface area contributed by atoms with Gasteiger partial charge in [0, 0.05) is 25.8 Å². The number of amides is 1. The minimum atomic E-state index is -3.78. The normalized spacial score (nSPS) is 11.6. The summed E-state index contributed by atoms with van der Waals surface area (Å²) in [5, 5.41) is 2.58. The largest absolute Gasteiger partial charge is 0.355 e. The first-order chi connectivity index (χ1) is 9.47. The van der Waals surface area contributed by atoms with Crippen LogP contribution in [0.3, 0.4) is 0 Å². The Hall–Kier alpha value is -1.51. The summed E-state index contributed by atoms with van der Waals surface area (Å²) in [4.78, 5) is 15.6. The molecule has 0 radical (unpaired) electrons. The number of carbonyl (C=O) groups excluding carboxylic acids is 1. The molecule has 1 aromatic heterocycles. The fourth-order valence-electron chi connectivity index (χ4n) is 1.73. The summed E-state index contributed by atoms with van der Waals surface area (Å²) in [5.41, 5.74) is 5.81. The average molecular weight is 300 g/mol. The molecular formula is C12H20N4O3S. The highest BCUT2D eigenvalue weighted by Gasteiger charge is 2.27. The van der Waals surface area contributed by atoms with Gasteiger partial charge in [0.05, 0.1) is 12.2 Å². The zero-order chi connectivity index (χ0) is 15.2. The van der Waals surface area contributed by atoms with Crippen molar-refractivity contribution in [3.05, 3.63) is 24.0 Å². The zero-order valence-electron chi connectivity index (χ0n) is 11.7. The van der Waals surface area contributed by atoms with Crippen LogP contribution >= 0.6 is 0 Å². The molecule has 3 N–H and O–H groups in total. The third-order valence-electron chi connectivity index (χ3n) is 2.71. The van der Waals surface area contributed by atoms with Crippen molar-refractivity contribution in [2.24, 2.45) is 5.73 Å². The smallest absolute Gasteiger partial charge is 0.245 e. The summed E-state index contributed by atoms with van der Waals surface area (Å²) in [5.74, 6) is -0.337. The summed E-state index contributed by atoms with van der Waals surface area (Å²) in [7, 11) is -3.78. The van der Waals surface area contributed by atoms with Gasteiger partial charge < -0.3 is 11.1 Å². The first kappa shape index (κ1) is 16.5. The van der Waals surface area contributed by atoms with E-state index in [0.717, 1.165) is 4.31 Å². The highest BCUT2D eigenvalue weighted by atomic mass is 32.2. The second-order valence-electron chi connectivity index (χ2n) is 4.04. The third kappa shape index (κ3) is 3.75. The number of nitrogens with one attached hydrogen (secondary N) is 1. The molecule has 1 rings (SSSR count). The molecule has 1 heterocycles. The van der Waals surface area contributed by atoms with E-state index in [2.05, 4.69) is 10.3 Å². The third-order valence-corrected chi connectivity index (χ3v) is 4.70. The molecule has 0 aliphatic carbocycles. The van der Waals surface area contributed by atoms with Crippen molar-refractivity contribution in [3.8, 4) is 0 Å². The van der Waals surface area contributed by atoms with Crippen molar-refractivity contribution in [1.29, 1.82) is 0 Å². The lowest BCUT2D eigenvalue weighted by Gasteiger charge is -2.20. The number of sulfonamides is 1. The first-order valence-corrected chi connectivity index (χ1v) is 7.82. The van der Waals surface area contributed by atoms with Crippen molar-refractivity contribution in [2.45, 2.75) is 25.3 Å². The molecule has 0 atom stereocenters. The Balaban J connectivity index is 3.09. The number of rotatable bonds is 7. The van der Waals surface area contributed by atoms with Crippen molar-refractivity contribution in [2.75, 3.05) is 19.6 Å². The summed E-state index contributed by atoms with van der Waals surface area (Å²) >= 11 is 0. The van der Waals surface area contributed by atoms with Crippen molar-refractivity contribution < 1.29 is 13.2 Å². The molecule has 0 aliphatic heterocycles. The minimum Gasteiger partial charge on any atom is -0.355 e. The van der Waals surface area contributed by atoms with Gasteiger partial charge in [-0.1, -0.05) is 6.92 Å². The van der Waals surface area contributed by atoms with Crippen LogP contribution in [0.5, 0.6) is 0 Å². The Bertz CT molecular complexity index is 560. The van der Waals surface area contributed by atoms with Crippen molar-refractivity contribution in [3.63, 3.8) is 0 Å². The molecule has 1 amide bonds. The van der Waals surface area contributed by atoms with E-state index in [4.69, 9.17) is 5.73 Å². The van der Waals surface area contributed by atoms with Gasteiger partial charge in [0.25, 0.3) is 0 Å². The molecule has 7 nitrogen and oxygen atoms in total. The maximum Gasteiger partial charge on any atom is 0.245 e. The fraction of sp³-hybridized carbons (Fsp3) is 0.500. The minimum absolute atomic E-state index is 0.0219. The van der Waals surface area contributed by atoms with Crippen LogP contribution in [0.25, 0.3) is 0 Å². The molecule has 0 fully saturated rings. The van der Waals surface area contributed by atoms with E-state index in [0.29, 0.717) is 12.2 Å². The number of hydrogen-bond acceptors (Lipinski definition) is 5. The predicted octanol–water partition coefficient (Wildman–Crippen LogP) is -0.313. The maximum absolute atomic E-state index is 12.5. The standard InChI is InChI=1S/C12H20N4O3S/c1-3-14-12(17)9-16(4-2)20(18,19)11-6-5-7-15-10(11)8-13/h5-7H,3-4,8-9,13H2,1-2H3,(H,14,17). The highest BCUT2D eigenvalue weighted by molar-refractivity contribution is 7.89. The summed E-state index contributed by atoms with van der Waals surface area (Å²) in [6.45, 7) is 3.90. The molecule has 0 unspecified atom stereocenters. The van der Waals surface area contributed by atoms with Gasteiger partial charge in [-0.2, -0.15) is 4.31 Å². The molecule has 0 bridgehead atoms. The molecule has 0 aliphatic rings. The van der Waals surface area contributed by atoms with Crippen LogP contribution in [-0.4, -0.2) is 43.2 Å². The quantitative estimate of drug-likeness (QED) is 0.718. The Morgan fingerprint density at radius 3 is 2.70 bits per heavy atom. The second kappa shape index (κ2) is 7.32. The fourth-order valence-corrected chi connectivity index (χ4v) is 3.32. The van der Waals surface area contributed by atoms with E-state index in [1.807, 2.05) is 0 Å². The lowest BCUT2D eigenvalue weighted by Crippen LogP contribution is -2.40. The van der Waals surface area contributed by atoms with Gasteiger partial charge in [0.15, 0.2) is 0 Å². The van der Waals surface area contributed by atoms with E-state index >= 15 is 0 Å². The van der Waals surface area contributed by atoms with Crippen molar-refractivity contribution in [1.82, 2.24) is 14.6 Å². The molecule has 20 heavy (non-hydrogen) atoms. The lowest BCUT2D eigenvalue weighted by molar-refractivity contribution is -0.121. The van der Waals surface area contributed by atoms with E-state index < -0.39 is 10.0 Å². The van der Waals surface area contributed by atoms with Gasteiger partial charge in [-0.25, -0.2) is 8.42 Å². The number of hydrogen-bond donors (Lipinski definition) is 2. The first-order valence-electron chi connectivity index (χ1n) is 6.38. The van der Waals surface area contributed by atoms with E-state index in [9.17, 15) is 13.2 Å². The van der Waals surface area contributed by atoms with Crippen LogP contribution in [0.15, 0.2) is 23.2 Å². The maximum atomic E-state index is 12.5. The van der Waals surface area contributed by atoms with Gasteiger partial charge in [-0.05, 0) is 19.1 Å². The van der Waals surface area contributed by atoms with E-state index in [1.165, 1.54) is 18.3 Å². The number of aromatic nitrogens is 1. The zero-order valence-corrected chi connectivity index (χ0v) is 12.5. The lowest BCUT2D eigenvalue weighted by atomic mass is 10.3. The van der Waals surface area contributed by atoms with Gasteiger partial charge >= 0.3 is 0 Å². The van der Waals surface area contributed by atoms with Gasteiger partial charge in [-0.15, -0.1) is 0 Å². The Morgan fingerprint density at radius 2 is 2.15 bits per heavy atom. The molecule has 1 aromatic rings. The van der Waals surface area contributed by atoms with Crippen LogP contribution < -0.4 is 11.1 Å². The summed E-state index contributed by atoms with van der Waals surface area (Å²) in [6, 6.07) is 2.98. The molecule has 8 heteroatoms. The number of nitrogens with two attached hydrogens (primary N) is 1. The number of nitrogens with zero attached hydrogens (tertiary/aromatic N) is 2. The SMILES string of the molecule is CCNC(=O)CN(CC)S(=O)(=O)c1cccnc1CN. The van der Waals surface area contributed by atoms with Crippen LogP contribution in [0.4, 0.5) is 0 Å². The Morgan fingerprint density at radius 1 is 1.45 bits per heavy atom. The highest BCUT2D eigenvalue weighted by Crippen LogP contribution is 2.17. The summed E-state index contributed by atoms with van der Waals surface area (Å²) < 4.78 is 26.2. The molecule has 0 aromatic carbocycles. The Labute approximate surface area is 119 Å². The molecular weight excluding hydrogens is 280 g/mol. The number of pyridine rings is 1.